The lowest BCUT2D eigenvalue weighted by molar-refractivity contribution is -0.116. The third-order valence-corrected chi connectivity index (χ3v) is 5.73. The summed E-state index contributed by atoms with van der Waals surface area (Å²) >= 11 is 0. The van der Waals surface area contributed by atoms with Crippen molar-refractivity contribution in [3.05, 3.63) is 64.2 Å². The molecule has 2 aliphatic heterocycles. The Hall–Kier alpha value is -1.88. The Balaban J connectivity index is 0.00000109. The molecular formula is C21H26F2N3OP. The Bertz CT molecular complexity index is 907. The fourth-order valence-electron chi connectivity index (χ4n) is 3.58. The average molecular weight is 405 g/mol. The molecule has 0 aromatic heterocycles. The van der Waals surface area contributed by atoms with E-state index in [-0.39, 0.29) is 11.8 Å². The van der Waals surface area contributed by atoms with Crippen molar-refractivity contribution >= 4 is 20.8 Å². The van der Waals surface area contributed by atoms with E-state index < -0.39 is 11.3 Å². The van der Waals surface area contributed by atoms with Crippen LogP contribution >= 0.6 is 9.24 Å². The molecule has 3 N–H and O–H groups in total. The van der Waals surface area contributed by atoms with Crippen LogP contribution in [0.3, 0.4) is 0 Å². The molecule has 0 radical (unpaired) electrons. The summed E-state index contributed by atoms with van der Waals surface area (Å²) in [7, 11) is 1.58. The average Bonchev–Trinajstić information content (AvgIpc) is 3.46. The van der Waals surface area contributed by atoms with Crippen LogP contribution in [-0.4, -0.2) is 11.6 Å². The van der Waals surface area contributed by atoms with Crippen molar-refractivity contribution in [2.24, 2.45) is 0 Å². The summed E-state index contributed by atoms with van der Waals surface area (Å²) in [4.78, 5) is 12.2. The van der Waals surface area contributed by atoms with E-state index in [9.17, 15) is 13.6 Å². The molecule has 7 heteroatoms. The molecular weight excluding hydrogens is 379 g/mol. The zero-order chi connectivity index (χ0) is 20.7. The molecule has 2 atom stereocenters. The van der Waals surface area contributed by atoms with Gasteiger partial charge in [-0.1, -0.05) is 53.4 Å². The molecule has 150 valence electrons. The van der Waals surface area contributed by atoms with E-state index >= 15 is 0 Å². The molecule has 0 saturated carbocycles. The van der Waals surface area contributed by atoms with Crippen LogP contribution in [0, 0.1) is 13.8 Å². The van der Waals surface area contributed by atoms with Crippen LogP contribution in [0.2, 0.25) is 0 Å². The highest BCUT2D eigenvalue weighted by Gasteiger charge is 2.61. The second kappa shape index (κ2) is 7.51. The Kier molecular flexibility index (Phi) is 5.59. The number of hydrazine groups is 1. The standard InChI is InChI=1S/C19H20F2N3OP.C2H6/c1-10-6-15-14(9-17(25)22-16(15)7-11(10)2)12-4-3-5-13(8-12)18(23-24-18)19(20,21)26;1-2/h3-8,14,23-24H,9,26H2,1-2H3,(H,22,25);1-2H3. The monoisotopic (exact) mass is 405 g/mol. The number of rotatable bonds is 3. The van der Waals surface area contributed by atoms with Crippen molar-refractivity contribution in [3.8, 4) is 0 Å². The normalized spacial score (nSPS) is 19.8. The number of carbonyl (C=O) groups is 1. The van der Waals surface area contributed by atoms with Crippen LogP contribution in [0.15, 0.2) is 36.4 Å². The maximum absolute atomic E-state index is 14.0. The number of benzene rings is 2. The molecule has 2 unspecified atom stereocenters. The van der Waals surface area contributed by atoms with Gasteiger partial charge in [0.2, 0.25) is 5.91 Å². The Morgan fingerprint density at radius 3 is 2.36 bits per heavy atom. The molecule has 2 aliphatic rings. The van der Waals surface area contributed by atoms with Gasteiger partial charge >= 0.3 is 0 Å². The number of hydrogen-bond donors (Lipinski definition) is 3. The van der Waals surface area contributed by atoms with Gasteiger partial charge in [0.25, 0.3) is 5.66 Å². The van der Waals surface area contributed by atoms with E-state index in [4.69, 9.17) is 0 Å². The highest BCUT2D eigenvalue weighted by molar-refractivity contribution is 7.18. The highest BCUT2D eigenvalue weighted by Crippen LogP contribution is 2.46. The summed E-state index contributed by atoms with van der Waals surface area (Å²) in [6, 6.07) is 11.1. The van der Waals surface area contributed by atoms with Crippen molar-refractivity contribution in [2.75, 3.05) is 5.32 Å². The van der Waals surface area contributed by atoms with E-state index in [0.29, 0.717) is 12.0 Å². The van der Waals surface area contributed by atoms with Crippen molar-refractivity contribution in [1.29, 1.82) is 0 Å². The molecule has 1 amide bonds. The Morgan fingerprint density at radius 2 is 1.75 bits per heavy atom. The molecule has 4 rings (SSSR count). The van der Waals surface area contributed by atoms with Crippen molar-refractivity contribution in [3.63, 3.8) is 0 Å². The lowest BCUT2D eigenvalue weighted by atomic mass is 9.82. The van der Waals surface area contributed by atoms with Gasteiger partial charge in [-0.2, -0.15) is 8.78 Å². The number of nitrogens with one attached hydrogen (secondary N) is 3. The van der Waals surface area contributed by atoms with Gasteiger partial charge in [0.1, 0.15) is 0 Å². The highest BCUT2D eigenvalue weighted by atomic mass is 31.0. The molecule has 0 spiro atoms. The van der Waals surface area contributed by atoms with Crippen LogP contribution in [0.4, 0.5) is 14.5 Å². The van der Waals surface area contributed by atoms with Gasteiger partial charge in [-0.05, 0) is 47.7 Å². The summed E-state index contributed by atoms with van der Waals surface area (Å²) in [5.41, 5.74) is 5.91. The third-order valence-electron chi connectivity index (χ3n) is 5.30. The van der Waals surface area contributed by atoms with Crippen LogP contribution in [-0.2, 0) is 10.5 Å². The summed E-state index contributed by atoms with van der Waals surface area (Å²) in [6.07, 6.45) is 0.296. The second-order valence-electron chi connectivity index (χ2n) is 7.08. The maximum atomic E-state index is 14.0. The zero-order valence-electron chi connectivity index (χ0n) is 16.5. The lowest BCUT2D eigenvalue weighted by Crippen LogP contribution is -2.33. The van der Waals surface area contributed by atoms with Gasteiger partial charge in [-0.3, -0.25) is 4.79 Å². The number of aryl methyl sites for hydroxylation is 2. The van der Waals surface area contributed by atoms with Crippen molar-refractivity contribution in [2.45, 2.75) is 51.4 Å². The van der Waals surface area contributed by atoms with E-state index in [1.807, 2.05) is 39.8 Å². The molecule has 1 fully saturated rings. The summed E-state index contributed by atoms with van der Waals surface area (Å²) in [5, 5.41) is 2.92. The number of anilines is 1. The molecule has 0 aliphatic carbocycles. The molecule has 2 aromatic rings. The zero-order valence-corrected chi connectivity index (χ0v) is 17.6. The van der Waals surface area contributed by atoms with Crippen molar-refractivity contribution in [1.82, 2.24) is 10.9 Å². The Labute approximate surface area is 166 Å². The number of halogens is 2. The summed E-state index contributed by atoms with van der Waals surface area (Å²) in [6.45, 7) is 8.03. The minimum atomic E-state index is -3.04. The van der Waals surface area contributed by atoms with Gasteiger partial charge in [0.15, 0.2) is 5.66 Å². The largest absolute Gasteiger partial charge is 0.326 e. The van der Waals surface area contributed by atoms with Crippen LogP contribution in [0.5, 0.6) is 0 Å². The van der Waals surface area contributed by atoms with Gasteiger partial charge in [0.05, 0.1) is 0 Å². The van der Waals surface area contributed by atoms with Crippen LogP contribution < -0.4 is 16.2 Å². The van der Waals surface area contributed by atoms with Gasteiger partial charge in [-0.15, -0.1) is 0 Å². The van der Waals surface area contributed by atoms with E-state index in [1.165, 1.54) is 0 Å². The molecule has 0 bridgehead atoms. The number of fused-ring (bicyclic) bond motifs is 1. The fraction of sp³-hybridized carbons (Fsp3) is 0.381. The predicted octanol–water partition coefficient (Wildman–Crippen LogP) is 4.53. The fourth-order valence-corrected chi connectivity index (χ4v) is 3.89. The smallest absolute Gasteiger partial charge is 0.296 e. The first-order valence-corrected chi connectivity index (χ1v) is 10.0. The minimum Gasteiger partial charge on any atom is -0.326 e. The van der Waals surface area contributed by atoms with Gasteiger partial charge in [0, 0.05) is 18.0 Å². The predicted molar refractivity (Wildman–Crippen MR) is 111 cm³/mol. The first-order chi connectivity index (χ1) is 13.2. The molecule has 1 saturated heterocycles. The maximum Gasteiger partial charge on any atom is 0.296 e. The van der Waals surface area contributed by atoms with E-state index in [2.05, 4.69) is 22.2 Å². The van der Waals surface area contributed by atoms with Crippen LogP contribution in [0.25, 0.3) is 0 Å². The molecule has 28 heavy (non-hydrogen) atoms. The first-order valence-electron chi connectivity index (χ1n) is 9.44. The quantitative estimate of drug-likeness (QED) is 0.519. The number of hydrogen-bond acceptors (Lipinski definition) is 3. The second-order valence-corrected chi connectivity index (χ2v) is 7.80. The molecule has 2 heterocycles. The SMILES string of the molecule is CC.Cc1cc2c(cc1C)C(c1cccc(C3(C(F)(F)P)NN3)c1)CC(=O)N2. The van der Waals surface area contributed by atoms with Crippen LogP contribution in [0.1, 0.15) is 54.0 Å². The molecule has 4 nitrogen and oxygen atoms in total. The molecule has 2 aromatic carbocycles. The van der Waals surface area contributed by atoms with Gasteiger partial charge < -0.3 is 5.32 Å². The van der Waals surface area contributed by atoms with E-state index in [0.717, 1.165) is 27.9 Å². The van der Waals surface area contributed by atoms with Crippen molar-refractivity contribution < 1.29 is 13.6 Å². The third kappa shape index (κ3) is 3.57. The summed E-state index contributed by atoms with van der Waals surface area (Å²) < 4.78 is 28.0. The van der Waals surface area contributed by atoms with E-state index in [1.54, 1.807) is 27.4 Å². The topological polar surface area (TPSA) is 73.0 Å². The lowest BCUT2D eigenvalue weighted by Gasteiger charge is -2.28. The minimum absolute atomic E-state index is 0.0649. The number of alkyl halides is 2. The first kappa shape index (κ1) is 20.8. The number of carbonyl (C=O) groups excluding carboxylic acids is 1. The Morgan fingerprint density at radius 1 is 1.11 bits per heavy atom. The van der Waals surface area contributed by atoms with Gasteiger partial charge in [-0.25, -0.2) is 10.9 Å². The summed E-state index contributed by atoms with van der Waals surface area (Å²) in [5.74, 6) is -0.225. The number of amides is 1.